The molecule has 0 unspecified atom stereocenters. The highest BCUT2D eigenvalue weighted by Gasteiger charge is 2.26. The molecule has 1 aromatic carbocycles. The molecular formula is C22H25NO5S. The summed E-state index contributed by atoms with van der Waals surface area (Å²) in [4.78, 5) is 26.2. The molecule has 1 aliphatic carbocycles. The summed E-state index contributed by atoms with van der Waals surface area (Å²) in [5.41, 5.74) is 2.34. The van der Waals surface area contributed by atoms with E-state index in [0.29, 0.717) is 28.7 Å². The number of nitrogens with one attached hydrogen (secondary N) is 1. The lowest BCUT2D eigenvalue weighted by molar-refractivity contribution is -0.111. The Hall–Kier alpha value is -2.80. The number of anilines is 1. The van der Waals surface area contributed by atoms with Crippen molar-refractivity contribution in [1.29, 1.82) is 0 Å². The summed E-state index contributed by atoms with van der Waals surface area (Å²) in [5.74, 6) is 0.540. The summed E-state index contributed by atoms with van der Waals surface area (Å²) in [6, 6.07) is 5.40. The van der Waals surface area contributed by atoms with Gasteiger partial charge in [0.1, 0.15) is 5.00 Å². The molecular weight excluding hydrogens is 390 g/mol. The van der Waals surface area contributed by atoms with Crippen LogP contribution in [0, 0.1) is 0 Å². The first kappa shape index (κ1) is 20.9. The van der Waals surface area contributed by atoms with Gasteiger partial charge < -0.3 is 19.5 Å². The predicted molar refractivity (Wildman–Crippen MR) is 114 cm³/mol. The molecule has 1 amide bonds. The van der Waals surface area contributed by atoms with E-state index in [4.69, 9.17) is 14.2 Å². The van der Waals surface area contributed by atoms with Crippen molar-refractivity contribution in [3.05, 3.63) is 45.8 Å². The summed E-state index contributed by atoms with van der Waals surface area (Å²) in [7, 11) is 3.14. The van der Waals surface area contributed by atoms with Gasteiger partial charge in [-0.25, -0.2) is 4.79 Å². The highest BCUT2D eigenvalue weighted by molar-refractivity contribution is 7.17. The van der Waals surface area contributed by atoms with E-state index in [2.05, 4.69) is 5.32 Å². The molecule has 7 heteroatoms. The van der Waals surface area contributed by atoms with Gasteiger partial charge in [-0.1, -0.05) is 6.07 Å². The number of rotatable bonds is 7. The Morgan fingerprint density at radius 2 is 1.90 bits per heavy atom. The zero-order valence-corrected chi connectivity index (χ0v) is 17.7. The normalized spacial score (nSPS) is 13.1. The molecule has 0 spiro atoms. The maximum absolute atomic E-state index is 12.5. The van der Waals surface area contributed by atoms with E-state index in [1.54, 1.807) is 39.4 Å². The topological polar surface area (TPSA) is 73.9 Å². The van der Waals surface area contributed by atoms with Gasteiger partial charge in [0.2, 0.25) is 5.91 Å². The number of esters is 1. The summed E-state index contributed by atoms with van der Waals surface area (Å²) >= 11 is 1.47. The van der Waals surface area contributed by atoms with Crippen LogP contribution < -0.4 is 14.8 Å². The van der Waals surface area contributed by atoms with Crippen LogP contribution >= 0.6 is 11.3 Å². The second-order valence-electron chi connectivity index (χ2n) is 6.57. The minimum absolute atomic E-state index is 0.302. The van der Waals surface area contributed by atoms with Gasteiger partial charge >= 0.3 is 5.97 Å². The van der Waals surface area contributed by atoms with Crippen molar-refractivity contribution in [3.8, 4) is 11.5 Å². The van der Waals surface area contributed by atoms with Gasteiger partial charge in [-0.2, -0.15) is 0 Å². The molecule has 0 aliphatic heterocycles. The number of carbonyl (C=O) groups is 2. The van der Waals surface area contributed by atoms with Crippen LogP contribution in [0.15, 0.2) is 24.3 Å². The number of aryl methyl sites for hydroxylation is 1. The number of ether oxygens (including phenoxy) is 3. The Morgan fingerprint density at radius 1 is 1.14 bits per heavy atom. The Kier molecular flexibility index (Phi) is 6.93. The third-order valence-corrected chi connectivity index (χ3v) is 5.93. The molecule has 1 aliphatic rings. The van der Waals surface area contributed by atoms with Gasteiger partial charge in [0.25, 0.3) is 0 Å². The lowest BCUT2D eigenvalue weighted by Gasteiger charge is -2.12. The van der Waals surface area contributed by atoms with E-state index in [0.717, 1.165) is 36.8 Å². The number of fused-ring (bicyclic) bond motifs is 1. The highest BCUT2D eigenvalue weighted by Crippen LogP contribution is 2.38. The largest absolute Gasteiger partial charge is 0.493 e. The van der Waals surface area contributed by atoms with Crippen LogP contribution in [0.2, 0.25) is 0 Å². The maximum atomic E-state index is 12.5. The smallest absolute Gasteiger partial charge is 0.341 e. The summed E-state index contributed by atoms with van der Waals surface area (Å²) in [6.45, 7) is 2.08. The Labute approximate surface area is 174 Å². The fourth-order valence-corrected chi connectivity index (χ4v) is 4.64. The maximum Gasteiger partial charge on any atom is 0.341 e. The number of thiophene rings is 1. The third-order valence-electron chi connectivity index (χ3n) is 4.72. The van der Waals surface area contributed by atoms with Crippen molar-refractivity contribution in [2.24, 2.45) is 0 Å². The van der Waals surface area contributed by atoms with Gasteiger partial charge in [-0.15, -0.1) is 11.3 Å². The molecule has 0 bridgehead atoms. The van der Waals surface area contributed by atoms with Crippen LogP contribution in [0.5, 0.6) is 11.5 Å². The van der Waals surface area contributed by atoms with E-state index >= 15 is 0 Å². The first-order chi connectivity index (χ1) is 14.1. The molecule has 1 N–H and O–H groups in total. The first-order valence-electron chi connectivity index (χ1n) is 9.60. The van der Waals surface area contributed by atoms with E-state index in [1.807, 2.05) is 6.07 Å². The summed E-state index contributed by atoms with van der Waals surface area (Å²) in [6.07, 6.45) is 7.05. The van der Waals surface area contributed by atoms with E-state index in [-0.39, 0.29) is 11.9 Å². The Morgan fingerprint density at radius 3 is 2.62 bits per heavy atom. The van der Waals surface area contributed by atoms with E-state index in [1.165, 1.54) is 22.3 Å². The fourth-order valence-electron chi connectivity index (χ4n) is 3.36. The van der Waals surface area contributed by atoms with Gasteiger partial charge in [0.05, 0.1) is 26.4 Å². The zero-order chi connectivity index (χ0) is 20.8. The number of hydrogen-bond donors (Lipinski definition) is 1. The quantitative estimate of drug-likeness (QED) is 0.533. The number of carbonyl (C=O) groups excluding carboxylic acids is 2. The molecule has 0 radical (unpaired) electrons. The molecule has 0 saturated heterocycles. The molecule has 154 valence electrons. The first-order valence-corrected chi connectivity index (χ1v) is 10.4. The minimum Gasteiger partial charge on any atom is -0.493 e. The summed E-state index contributed by atoms with van der Waals surface area (Å²) < 4.78 is 15.7. The zero-order valence-electron chi connectivity index (χ0n) is 16.9. The standard InChI is InChI=1S/C22H25NO5S/c1-4-28-22(25)20-15-7-5-6-8-18(15)29-21(20)23-19(24)12-10-14-9-11-16(26-2)17(13-14)27-3/h9-13H,4-8H2,1-3H3,(H,23,24). The molecule has 1 heterocycles. The molecule has 0 saturated carbocycles. The van der Waals surface area contributed by atoms with Crippen molar-refractivity contribution >= 4 is 34.3 Å². The highest BCUT2D eigenvalue weighted by atomic mass is 32.1. The SMILES string of the molecule is CCOC(=O)c1c(NC(=O)C=Cc2ccc(OC)c(OC)c2)sc2c1CCCC2. The second-order valence-corrected chi connectivity index (χ2v) is 7.68. The Balaban J connectivity index is 1.79. The van der Waals surface area contributed by atoms with Crippen LogP contribution in [0.1, 0.15) is 46.1 Å². The predicted octanol–water partition coefficient (Wildman–Crippen LogP) is 4.47. The average molecular weight is 416 g/mol. The van der Waals surface area contributed by atoms with Crippen LogP contribution in [0.4, 0.5) is 5.00 Å². The van der Waals surface area contributed by atoms with Crippen LogP contribution in [-0.2, 0) is 22.4 Å². The molecule has 1 aromatic heterocycles. The minimum atomic E-state index is -0.369. The number of methoxy groups -OCH3 is 2. The fraction of sp³-hybridized carbons (Fsp3) is 0.364. The van der Waals surface area contributed by atoms with Crippen molar-refractivity contribution in [1.82, 2.24) is 0 Å². The summed E-state index contributed by atoms with van der Waals surface area (Å²) in [5, 5.41) is 3.43. The van der Waals surface area contributed by atoms with Crippen molar-refractivity contribution in [2.45, 2.75) is 32.6 Å². The molecule has 0 atom stereocenters. The van der Waals surface area contributed by atoms with Crippen molar-refractivity contribution < 1.29 is 23.8 Å². The van der Waals surface area contributed by atoms with Crippen molar-refractivity contribution in [2.75, 3.05) is 26.1 Å². The molecule has 0 fully saturated rings. The third kappa shape index (κ3) is 4.79. The van der Waals surface area contributed by atoms with E-state index < -0.39 is 0 Å². The van der Waals surface area contributed by atoms with Crippen LogP contribution in [-0.4, -0.2) is 32.7 Å². The van der Waals surface area contributed by atoms with E-state index in [9.17, 15) is 9.59 Å². The van der Waals surface area contributed by atoms with Gasteiger partial charge in [0, 0.05) is 11.0 Å². The monoisotopic (exact) mass is 415 g/mol. The molecule has 29 heavy (non-hydrogen) atoms. The number of benzene rings is 1. The van der Waals surface area contributed by atoms with Crippen LogP contribution in [0.25, 0.3) is 6.08 Å². The van der Waals surface area contributed by atoms with Crippen LogP contribution in [0.3, 0.4) is 0 Å². The molecule has 6 nitrogen and oxygen atoms in total. The lowest BCUT2D eigenvalue weighted by atomic mass is 9.95. The van der Waals surface area contributed by atoms with Gasteiger partial charge in [-0.05, 0) is 61.9 Å². The van der Waals surface area contributed by atoms with Gasteiger partial charge in [0.15, 0.2) is 11.5 Å². The Bertz CT molecular complexity index is 932. The average Bonchev–Trinajstić information content (AvgIpc) is 3.09. The number of hydrogen-bond acceptors (Lipinski definition) is 6. The second kappa shape index (κ2) is 9.60. The van der Waals surface area contributed by atoms with Crippen molar-refractivity contribution in [3.63, 3.8) is 0 Å². The number of amides is 1. The van der Waals surface area contributed by atoms with Gasteiger partial charge in [-0.3, -0.25) is 4.79 Å². The molecule has 2 aromatic rings. The molecule has 3 rings (SSSR count). The lowest BCUT2D eigenvalue weighted by Crippen LogP contribution is -2.14.